The highest BCUT2D eigenvalue weighted by Gasteiger charge is 2.22. The smallest absolute Gasteiger partial charge is 0.261 e. The first-order chi connectivity index (χ1) is 10.8. The summed E-state index contributed by atoms with van der Waals surface area (Å²) in [6, 6.07) is 6.29. The van der Waals surface area contributed by atoms with Gasteiger partial charge in [0.15, 0.2) is 0 Å². The zero-order valence-corrected chi connectivity index (χ0v) is 14.3. The number of likely N-dealkylation sites (tertiary alicyclic amines) is 1. The van der Waals surface area contributed by atoms with E-state index >= 15 is 0 Å². The third kappa shape index (κ3) is 3.97. The fraction of sp³-hybridized carbons (Fsp3) is 0.471. The number of nitrogens with zero attached hydrogens (tertiary/aromatic N) is 1. The second-order valence-corrected chi connectivity index (χ2v) is 7.44. The predicted molar refractivity (Wildman–Crippen MR) is 93.8 cm³/mol. The lowest BCUT2D eigenvalue weighted by Crippen LogP contribution is -2.38. The Morgan fingerprint density at radius 1 is 1.18 bits per heavy atom. The Hall–Kier alpha value is -1.17. The Labute approximate surface area is 140 Å². The number of hydrogen-bond donors (Lipinski definition) is 1. The number of thiophene rings is 2. The first kappa shape index (κ1) is 15.7. The SMILES string of the molecule is O=C(NC[C@H](c1ccsc1)N1CCCCCC1)c1cccs1. The van der Waals surface area contributed by atoms with E-state index in [9.17, 15) is 4.79 Å². The van der Waals surface area contributed by atoms with Gasteiger partial charge in [-0.15, -0.1) is 11.3 Å². The zero-order valence-electron chi connectivity index (χ0n) is 12.7. The predicted octanol–water partition coefficient (Wildman–Crippen LogP) is 4.16. The minimum absolute atomic E-state index is 0.0463. The number of nitrogens with one attached hydrogen (secondary N) is 1. The van der Waals surface area contributed by atoms with Crippen molar-refractivity contribution in [3.8, 4) is 0 Å². The van der Waals surface area contributed by atoms with E-state index in [2.05, 4.69) is 27.0 Å². The molecule has 0 aromatic carbocycles. The Kier molecular flexibility index (Phi) is 5.64. The molecule has 1 fully saturated rings. The van der Waals surface area contributed by atoms with Crippen LogP contribution < -0.4 is 5.32 Å². The Morgan fingerprint density at radius 2 is 2.00 bits per heavy atom. The first-order valence-electron chi connectivity index (χ1n) is 7.92. The molecule has 5 heteroatoms. The summed E-state index contributed by atoms with van der Waals surface area (Å²) in [5, 5.41) is 9.41. The van der Waals surface area contributed by atoms with E-state index in [1.165, 1.54) is 42.6 Å². The molecular weight excluding hydrogens is 312 g/mol. The van der Waals surface area contributed by atoms with Gasteiger partial charge in [-0.2, -0.15) is 11.3 Å². The molecule has 1 saturated heterocycles. The van der Waals surface area contributed by atoms with Gasteiger partial charge in [-0.3, -0.25) is 9.69 Å². The van der Waals surface area contributed by atoms with Crippen LogP contribution >= 0.6 is 22.7 Å². The van der Waals surface area contributed by atoms with Crippen molar-refractivity contribution >= 4 is 28.6 Å². The van der Waals surface area contributed by atoms with Crippen LogP contribution in [0.5, 0.6) is 0 Å². The topological polar surface area (TPSA) is 32.3 Å². The second kappa shape index (κ2) is 7.90. The van der Waals surface area contributed by atoms with Gasteiger partial charge >= 0.3 is 0 Å². The van der Waals surface area contributed by atoms with E-state index in [1.54, 1.807) is 11.3 Å². The maximum absolute atomic E-state index is 12.2. The number of amides is 1. The van der Waals surface area contributed by atoms with Crippen molar-refractivity contribution in [2.75, 3.05) is 19.6 Å². The third-order valence-electron chi connectivity index (χ3n) is 4.21. The van der Waals surface area contributed by atoms with E-state index in [-0.39, 0.29) is 5.91 Å². The molecule has 2 aromatic rings. The Morgan fingerprint density at radius 3 is 2.64 bits per heavy atom. The van der Waals surface area contributed by atoms with E-state index in [4.69, 9.17) is 0 Å². The average molecular weight is 335 g/mol. The molecule has 1 atom stereocenters. The van der Waals surface area contributed by atoms with Gasteiger partial charge < -0.3 is 5.32 Å². The monoisotopic (exact) mass is 334 g/mol. The van der Waals surface area contributed by atoms with Crippen molar-refractivity contribution in [1.82, 2.24) is 10.2 Å². The maximum atomic E-state index is 12.2. The maximum Gasteiger partial charge on any atom is 0.261 e. The molecule has 0 bridgehead atoms. The van der Waals surface area contributed by atoms with Gasteiger partial charge in [0.25, 0.3) is 5.91 Å². The standard InChI is InChI=1S/C17H22N2OS2/c20-17(16-6-5-10-22-16)18-12-15(14-7-11-21-13-14)19-8-3-1-2-4-9-19/h5-7,10-11,13,15H,1-4,8-9,12H2,(H,18,20)/t15-/m1/s1. The van der Waals surface area contributed by atoms with Crippen LogP contribution in [0.15, 0.2) is 34.3 Å². The van der Waals surface area contributed by atoms with E-state index < -0.39 is 0 Å². The lowest BCUT2D eigenvalue weighted by molar-refractivity contribution is 0.0937. The molecule has 22 heavy (non-hydrogen) atoms. The summed E-state index contributed by atoms with van der Waals surface area (Å²) in [7, 11) is 0. The lowest BCUT2D eigenvalue weighted by atomic mass is 10.1. The minimum atomic E-state index is 0.0463. The number of rotatable bonds is 5. The van der Waals surface area contributed by atoms with Gasteiger partial charge in [0, 0.05) is 6.54 Å². The molecule has 118 valence electrons. The van der Waals surface area contributed by atoms with Crippen LogP contribution in [-0.4, -0.2) is 30.4 Å². The highest BCUT2D eigenvalue weighted by Crippen LogP contribution is 2.25. The van der Waals surface area contributed by atoms with Crippen molar-refractivity contribution in [3.05, 3.63) is 44.8 Å². The van der Waals surface area contributed by atoms with Crippen LogP contribution in [0.4, 0.5) is 0 Å². The van der Waals surface area contributed by atoms with E-state index in [0.29, 0.717) is 12.6 Å². The minimum Gasteiger partial charge on any atom is -0.349 e. The van der Waals surface area contributed by atoms with Gasteiger partial charge in [0.2, 0.25) is 0 Å². The molecule has 3 rings (SSSR count). The molecule has 0 unspecified atom stereocenters. The van der Waals surface area contributed by atoms with E-state index in [1.807, 2.05) is 17.5 Å². The van der Waals surface area contributed by atoms with Gasteiger partial charge in [0.05, 0.1) is 10.9 Å². The van der Waals surface area contributed by atoms with Crippen molar-refractivity contribution in [2.24, 2.45) is 0 Å². The average Bonchev–Trinajstić information content (AvgIpc) is 3.18. The molecule has 0 spiro atoms. The van der Waals surface area contributed by atoms with Crippen LogP contribution in [0.2, 0.25) is 0 Å². The molecule has 1 N–H and O–H groups in total. The molecule has 1 aliphatic rings. The quantitative estimate of drug-likeness (QED) is 0.890. The summed E-state index contributed by atoms with van der Waals surface area (Å²) in [4.78, 5) is 15.6. The highest BCUT2D eigenvalue weighted by atomic mass is 32.1. The highest BCUT2D eigenvalue weighted by molar-refractivity contribution is 7.12. The summed E-state index contributed by atoms with van der Waals surface area (Å²) >= 11 is 3.23. The molecule has 1 aliphatic heterocycles. The lowest BCUT2D eigenvalue weighted by Gasteiger charge is -2.30. The third-order valence-corrected chi connectivity index (χ3v) is 5.78. The van der Waals surface area contributed by atoms with Gasteiger partial charge in [-0.25, -0.2) is 0 Å². The fourth-order valence-electron chi connectivity index (χ4n) is 3.01. The van der Waals surface area contributed by atoms with Crippen LogP contribution in [0, 0.1) is 0 Å². The molecule has 2 aromatic heterocycles. The first-order valence-corrected chi connectivity index (χ1v) is 9.74. The van der Waals surface area contributed by atoms with Gasteiger partial charge in [-0.1, -0.05) is 18.9 Å². The van der Waals surface area contributed by atoms with Crippen LogP contribution in [0.1, 0.15) is 47.0 Å². The summed E-state index contributed by atoms with van der Waals surface area (Å²) < 4.78 is 0. The van der Waals surface area contributed by atoms with Crippen LogP contribution in [0.25, 0.3) is 0 Å². The molecule has 0 radical (unpaired) electrons. The van der Waals surface area contributed by atoms with Gasteiger partial charge in [-0.05, 0) is 59.8 Å². The molecule has 1 amide bonds. The second-order valence-electron chi connectivity index (χ2n) is 5.71. The van der Waals surface area contributed by atoms with E-state index in [0.717, 1.165) is 18.0 Å². The number of carbonyl (C=O) groups excluding carboxylic acids is 1. The van der Waals surface area contributed by atoms with Crippen molar-refractivity contribution in [1.29, 1.82) is 0 Å². The molecule has 3 heterocycles. The van der Waals surface area contributed by atoms with Crippen molar-refractivity contribution in [2.45, 2.75) is 31.7 Å². The Bertz CT molecular complexity index is 558. The fourth-order valence-corrected chi connectivity index (χ4v) is 4.36. The molecule has 0 aliphatic carbocycles. The normalized spacial score (nSPS) is 17.8. The number of hydrogen-bond acceptors (Lipinski definition) is 4. The summed E-state index contributed by atoms with van der Waals surface area (Å²) in [5.41, 5.74) is 1.33. The zero-order chi connectivity index (χ0) is 15.2. The summed E-state index contributed by atoms with van der Waals surface area (Å²) in [6.07, 6.45) is 5.18. The van der Waals surface area contributed by atoms with Crippen molar-refractivity contribution in [3.63, 3.8) is 0 Å². The Balaban J connectivity index is 1.67. The van der Waals surface area contributed by atoms with Crippen LogP contribution in [-0.2, 0) is 0 Å². The van der Waals surface area contributed by atoms with Crippen molar-refractivity contribution < 1.29 is 4.79 Å². The molecule has 0 saturated carbocycles. The summed E-state index contributed by atoms with van der Waals surface area (Å²) in [5.74, 6) is 0.0463. The summed E-state index contributed by atoms with van der Waals surface area (Å²) in [6.45, 7) is 2.96. The largest absolute Gasteiger partial charge is 0.349 e. The molecular formula is C17H22N2OS2. The molecule has 3 nitrogen and oxygen atoms in total. The van der Waals surface area contributed by atoms with Crippen LogP contribution in [0.3, 0.4) is 0 Å². The van der Waals surface area contributed by atoms with Gasteiger partial charge in [0.1, 0.15) is 0 Å². The number of carbonyl (C=O) groups is 1.